The van der Waals surface area contributed by atoms with Gasteiger partial charge in [0.1, 0.15) is 5.82 Å². The molecule has 0 spiro atoms. The maximum atomic E-state index is 11.7. The lowest BCUT2D eigenvalue weighted by Gasteiger charge is -2.35. The number of hydrogen-bond acceptors (Lipinski definition) is 6. The zero-order valence-corrected chi connectivity index (χ0v) is 17.4. The van der Waals surface area contributed by atoms with Crippen LogP contribution in [0.15, 0.2) is 30.9 Å². The lowest BCUT2D eigenvalue weighted by molar-refractivity contribution is -0.111. The highest BCUT2D eigenvalue weighted by atomic mass is 16.1. The minimum Gasteiger partial charge on any atom is -0.356 e. The van der Waals surface area contributed by atoms with Gasteiger partial charge >= 0.3 is 0 Å². The zero-order chi connectivity index (χ0) is 20.4. The summed E-state index contributed by atoms with van der Waals surface area (Å²) in [5, 5.41) is 3.88. The minimum atomic E-state index is -0.220. The number of fused-ring (bicyclic) bond motifs is 1. The second-order valence-corrected chi connectivity index (χ2v) is 8.26. The van der Waals surface area contributed by atoms with Gasteiger partial charge in [0.15, 0.2) is 0 Å². The average Bonchev–Trinajstić information content (AvgIpc) is 2.73. The van der Waals surface area contributed by atoms with Gasteiger partial charge in [0, 0.05) is 50.3 Å². The molecular formula is C22H30N6O. The highest BCUT2D eigenvalue weighted by Gasteiger charge is 2.23. The third-order valence-electron chi connectivity index (χ3n) is 5.86. The topological polar surface area (TPSA) is 64.6 Å². The van der Waals surface area contributed by atoms with Gasteiger partial charge in [-0.05, 0) is 50.1 Å². The van der Waals surface area contributed by atoms with E-state index in [9.17, 15) is 4.79 Å². The van der Waals surface area contributed by atoms with Crippen LogP contribution in [0.2, 0.25) is 0 Å². The largest absolute Gasteiger partial charge is 0.356 e. The molecule has 4 rings (SSSR count). The van der Waals surface area contributed by atoms with Gasteiger partial charge in [-0.15, -0.1) is 0 Å². The van der Waals surface area contributed by atoms with Gasteiger partial charge in [-0.25, -0.2) is 4.98 Å². The van der Waals surface area contributed by atoms with E-state index >= 15 is 0 Å². The number of aromatic nitrogens is 2. The molecule has 2 saturated heterocycles. The van der Waals surface area contributed by atoms with Crippen molar-refractivity contribution in [1.29, 1.82) is 0 Å². The van der Waals surface area contributed by atoms with E-state index in [-0.39, 0.29) is 5.91 Å². The summed E-state index contributed by atoms with van der Waals surface area (Å²) in [6.45, 7) is 11.7. The Balaban J connectivity index is 1.75. The van der Waals surface area contributed by atoms with Crippen molar-refractivity contribution in [2.45, 2.75) is 19.8 Å². The van der Waals surface area contributed by atoms with Crippen LogP contribution >= 0.6 is 0 Å². The fourth-order valence-corrected chi connectivity index (χ4v) is 4.14. The van der Waals surface area contributed by atoms with Crippen molar-refractivity contribution in [3.05, 3.63) is 30.9 Å². The molecule has 7 heteroatoms. The number of anilines is 3. The molecule has 2 fully saturated rings. The lowest BCUT2D eigenvalue weighted by Crippen LogP contribution is -2.45. The summed E-state index contributed by atoms with van der Waals surface area (Å²) in [5.74, 6) is 2.23. The van der Waals surface area contributed by atoms with E-state index in [2.05, 4.69) is 40.6 Å². The van der Waals surface area contributed by atoms with Gasteiger partial charge in [0.2, 0.25) is 11.9 Å². The molecule has 1 unspecified atom stereocenters. The Labute approximate surface area is 172 Å². The molecule has 0 saturated carbocycles. The van der Waals surface area contributed by atoms with Crippen molar-refractivity contribution in [2.24, 2.45) is 5.92 Å². The molecule has 1 aromatic heterocycles. The van der Waals surface area contributed by atoms with E-state index in [0.717, 1.165) is 67.6 Å². The summed E-state index contributed by atoms with van der Waals surface area (Å²) < 4.78 is 0. The highest BCUT2D eigenvalue weighted by Crippen LogP contribution is 2.31. The Hall–Kier alpha value is -2.67. The number of carbonyl (C=O) groups excluding carboxylic acids is 1. The van der Waals surface area contributed by atoms with E-state index in [1.165, 1.54) is 18.9 Å². The molecule has 29 heavy (non-hydrogen) atoms. The molecule has 7 nitrogen and oxygen atoms in total. The van der Waals surface area contributed by atoms with Crippen LogP contribution in [-0.2, 0) is 4.79 Å². The number of hydrogen-bond donors (Lipinski definition) is 1. The first-order chi connectivity index (χ1) is 14.0. The van der Waals surface area contributed by atoms with Crippen LogP contribution in [0, 0.1) is 5.92 Å². The van der Waals surface area contributed by atoms with Crippen LogP contribution in [0.3, 0.4) is 0 Å². The number of rotatable bonds is 4. The Morgan fingerprint density at radius 2 is 1.97 bits per heavy atom. The monoisotopic (exact) mass is 394 g/mol. The second-order valence-electron chi connectivity index (χ2n) is 8.26. The third kappa shape index (κ3) is 4.34. The van der Waals surface area contributed by atoms with Crippen LogP contribution < -0.4 is 15.1 Å². The third-order valence-corrected chi connectivity index (χ3v) is 5.86. The first-order valence-electron chi connectivity index (χ1n) is 10.5. The molecule has 154 valence electrons. The van der Waals surface area contributed by atoms with E-state index in [0.29, 0.717) is 5.92 Å². The number of carbonyl (C=O) groups is 1. The average molecular weight is 395 g/mol. The first kappa shape index (κ1) is 19.6. The number of piperazine rings is 1. The first-order valence-corrected chi connectivity index (χ1v) is 10.5. The van der Waals surface area contributed by atoms with Crippen molar-refractivity contribution >= 4 is 34.3 Å². The Morgan fingerprint density at radius 3 is 2.69 bits per heavy atom. The number of amides is 1. The number of nitrogens with zero attached hydrogens (tertiary/aromatic N) is 5. The summed E-state index contributed by atoms with van der Waals surface area (Å²) in [4.78, 5) is 28.6. The Morgan fingerprint density at radius 1 is 1.17 bits per heavy atom. The van der Waals surface area contributed by atoms with Gasteiger partial charge in [0.25, 0.3) is 0 Å². The molecule has 0 bridgehead atoms. The van der Waals surface area contributed by atoms with Gasteiger partial charge in [-0.1, -0.05) is 13.5 Å². The van der Waals surface area contributed by atoms with Crippen LogP contribution in [-0.4, -0.2) is 67.1 Å². The number of piperidine rings is 1. The summed E-state index contributed by atoms with van der Waals surface area (Å²) in [7, 11) is 2.15. The predicted octanol–water partition coefficient (Wildman–Crippen LogP) is 2.74. The Kier molecular flexibility index (Phi) is 5.67. The van der Waals surface area contributed by atoms with Gasteiger partial charge in [0.05, 0.1) is 5.52 Å². The quantitative estimate of drug-likeness (QED) is 0.805. The van der Waals surface area contributed by atoms with Crippen LogP contribution in [0.25, 0.3) is 10.9 Å². The normalized spacial score (nSPS) is 20.7. The second kappa shape index (κ2) is 8.37. The van der Waals surface area contributed by atoms with Gasteiger partial charge < -0.3 is 20.0 Å². The van der Waals surface area contributed by atoms with Crippen molar-refractivity contribution in [3.63, 3.8) is 0 Å². The summed E-state index contributed by atoms with van der Waals surface area (Å²) in [6.07, 6.45) is 3.73. The molecule has 3 heterocycles. The van der Waals surface area contributed by atoms with Crippen molar-refractivity contribution < 1.29 is 4.79 Å². The van der Waals surface area contributed by atoms with Crippen molar-refractivity contribution in [2.75, 3.05) is 61.4 Å². The number of benzene rings is 1. The van der Waals surface area contributed by atoms with Crippen LogP contribution in [0.1, 0.15) is 19.8 Å². The SMILES string of the molecule is C=CC(=O)Nc1ccc2c(N3CCCC(C)C3)nc(N3CCN(C)CC3)nc2c1. The molecule has 1 amide bonds. The van der Waals surface area contributed by atoms with Crippen molar-refractivity contribution in [3.8, 4) is 0 Å². The van der Waals surface area contributed by atoms with E-state index < -0.39 is 0 Å². The summed E-state index contributed by atoms with van der Waals surface area (Å²) >= 11 is 0. The molecule has 0 aliphatic carbocycles. The predicted molar refractivity (Wildman–Crippen MR) is 119 cm³/mol. The molecule has 2 aromatic rings. The van der Waals surface area contributed by atoms with E-state index in [1.807, 2.05) is 18.2 Å². The maximum absolute atomic E-state index is 11.7. The lowest BCUT2D eigenvalue weighted by atomic mass is 10.00. The summed E-state index contributed by atoms with van der Waals surface area (Å²) in [6, 6.07) is 5.88. The molecule has 2 aliphatic rings. The maximum Gasteiger partial charge on any atom is 0.247 e. The van der Waals surface area contributed by atoms with Crippen LogP contribution in [0.4, 0.5) is 17.5 Å². The van der Waals surface area contributed by atoms with Gasteiger partial charge in [-0.3, -0.25) is 4.79 Å². The minimum absolute atomic E-state index is 0.220. The molecule has 1 atom stereocenters. The standard InChI is InChI=1S/C22H30N6O/c1-4-20(29)23-17-7-8-18-19(14-17)24-22(27-12-10-26(3)11-13-27)25-21(18)28-9-5-6-16(2)15-28/h4,7-8,14,16H,1,5-6,9-13,15H2,2-3H3,(H,23,29). The molecule has 1 aromatic carbocycles. The smallest absolute Gasteiger partial charge is 0.247 e. The number of nitrogens with one attached hydrogen (secondary N) is 1. The Bertz CT molecular complexity index is 906. The zero-order valence-electron chi connectivity index (χ0n) is 17.4. The van der Waals surface area contributed by atoms with Crippen molar-refractivity contribution in [1.82, 2.24) is 14.9 Å². The van der Waals surface area contributed by atoms with Crippen LogP contribution in [0.5, 0.6) is 0 Å². The summed E-state index contributed by atoms with van der Waals surface area (Å²) in [5.41, 5.74) is 1.59. The van der Waals surface area contributed by atoms with E-state index in [4.69, 9.17) is 9.97 Å². The molecule has 0 radical (unpaired) electrons. The van der Waals surface area contributed by atoms with Gasteiger partial charge in [-0.2, -0.15) is 4.98 Å². The highest BCUT2D eigenvalue weighted by molar-refractivity contribution is 6.01. The molecular weight excluding hydrogens is 364 g/mol. The molecule has 2 aliphatic heterocycles. The van der Waals surface area contributed by atoms with E-state index in [1.54, 1.807) is 0 Å². The fraction of sp³-hybridized carbons (Fsp3) is 0.500. The number of likely N-dealkylation sites (N-methyl/N-ethyl adjacent to an activating group) is 1. The molecule has 1 N–H and O–H groups in total. The fourth-order valence-electron chi connectivity index (χ4n) is 4.14.